The van der Waals surface area contributed by atoms with E-state index in [2.05, 4.69) is 13.2 Å². The van der Waals surface area contributed by atoms with Crippen LogP contribution in [0.5, 0.6) is 0 Å². The van der Waals surface area contributed by atoms with E-state index >= 15 is 0 Å². The SMILES string of the molecule is C=C/C=C\C=C(/C=C)COC(=O)N1CCCCC1.C[N+](=O)[O-]. The van der Waals surface area contributed by atoms with Gasteiger partial charge in [-0.2, -0.15) is 0 Å². The second-order valence-electron chi connectivity index (χ2n) is 4.61. The zero-order chi connectivity index (χ0) is 16.8. The lowest BCUT2D eigenvalue weighted by Gasteiger charge is -2.25. The summed E-state index contributed by atoms with van der Waals surface area (Å²) in [5.74, 6) is 0. The standard InChI is InChI=1S/C15H21NO2.CH3NO2/c1-3-5-7-10-14(4-2)13-18-15(17)16-11-8-6-9-12-16;1-2(3)4/h3-5,7,10H,1-2,6,8-9,11-13H2;1H3/b7-5-,14-10+;. The van der Waals surface area contributed by atoms with Crippen LogP contribution in [0, 0.1) is 10.1 Å². The van der Waals surface area contributed by atoms with Crippen LogP contribution in [0.25, 0.3) is 0 Å². The van der Waals surface area contributed by atoms with Gasteiger partial charge in [-0.05, 0) is 24.8 Å². The first-order valence-electron chi connectivity index (χ1n) is 7.11. The number of rotatable bonds is 5. The molecule has 22 heavy (non-hydrogen) atoms. The van der Waals surface area contributed by atoms with E-state index in [4.69, 9.17) is 14.9 Å². The third-order valence-electron chi connectivity index (χ3n) is 2.80. The molecule has 0 bridgehead atoms. The van der Waals surface area contributed by atoms with E-state index in [-0.39, 0.29) is 12.7 Å². The maximum absolute atomic E-state index is 11.8. The Bertz CT molecular complexity index is 431. The van der Waals surface area contributed by atoms with Crippen molar-refractivity contribution in [1.29, 1.82) is 0 Å². The largest absolute Gasteiger partial charge is 0.445 e. The van der Waals surface area contributed by atoms with Gasteiger partial charge in [0.05, 0.1) is 0 Å². The monoisotopic (exact) mass is 308 g/mol. The number of likely N-dealkylation sites (tertiary alicyclic amines) is 1. The fourth-order valence-corrected chi connectivity index (χ4v) is 1.75. The van der Waals surface area contributed by atoms with Gasteiger partial charge in [-0.15, -0.1) is 0 Å². The van der Waals surface area contributed by atoms with Crippen molar-refractivity contribution < 1.29 is 14.5 Å². The van der Waals surface area contributed by atoms with Crippen LogP contribution < -0.4 is 0 Å². The average molecular weight is 308 g/mol. The molecule has 1 heterocycles. The molecule has 0 N–H and O–H groups in total. The number of nitrogens with zero attached hydrogens (tertiary/aromatic N) is 2. The van der Waals surface area contributed by atoms with E-state index in [0.29, 0.717) is 0 Å². The van der Waals surface area contributed by atoms with Gasteiger partial charge in [0.15, 0.2) is 7.05 Å². The van der Waals surface area contributed by atoms with Gasteiger partial charge >= 0.3 is 6.09 Å². The highest BCUT2D eigenvalue weighted by molar-refractivity contribution is 5.68. The highest BCUT2D eigenvalue weighted by Gasteiger charge is 2.17. The highest BCUT2D eigenvalue weighted by atomic mass is 16.6. The van der Waals surface area contributed by atoms with Gasteiger partial charge in [0, 0.05) is 18.0 Å². The van der Waals surface area contributed by atoms with E-state index in [1.165, 1.54) is 6.42 Å². The first kappa shape index (κ1) is 19.6. The second kappa shape index (κ2) is 12.4. The lowest BCUT2D eigenvalue weighted by molar-refractivity contribution is -0.445. The van der Waals surface area contributed by atoms with Crippen molar-refractivity contribution in [2.45, 2.75) is 19.3 Å². The number of allylic oxidation sites excluding steroid dienone is 4. The quantitative estimate of drug-likeness (QED) is 0.443. The van der Waals surface area contributed by atoms with Crippen LogP contribution in [0.3, 0.4) is 0 Å². The maximum atomic E-state index is 11.8. The molecule has 0 aliphatic carbocycles. The Morgan fingerprint density at radius 2 is 1.86 bits per heavy atom. The number of carbonyl (C=O) groups is 1. The van der Waals surface area contributed by atoms with Crippen molar-refractivity contribution in [1.82, 2.24) is 4.90 Å². The van der Waals surface area contributed by atoms with Gasteiger partial charge in [-0.3, -0.25) is 10.1 Å². The molecule has 6 nitrogen and oxygen atoms in total. The first-order chi connectivity index (χ1) is 10.5. The lowest BCUT2D eigenvalue weighted by Crippen LogP contribution is -2.36. The molecule has 0 saturated carbocycles. The van der Waals surface area contributed by atoms with Crippen LogP contribution >= 0.6 is 0 Å². The fourth-order valence-electron chi connectivity index (χ4n) is 1.75. The third kappa shape index (κ3) is 10.4. The van der Waals surface area contributed by atoms with Crippen LogP contribution in [0.1, 0.15) is 19.3 Å². The molecule has 1 fully saturated rings. The summed E-state index contributed by atoms with van der Waals surface area (Å²) in [5.41, 5.74) is 0.874. The Kier molecular flexibility index (Phi) is 11.0. The minimum absolute atomic E-state index is 0.227. The topological polar surface area (TPSA) is 72.7 Å². The van der Waals surface area contributed by atoms with Crippen molar-refractivity contribution in [3.63, 3.8) is 0 Å². The number of ether oxygens (including phenoxy) is 1. The summed E-state index contributed by atoms with van der Waals surface area (Å²) in [4.78, 5) is 21.8. The minimum Gasteiger partial charge on any atom is -0.445 e. The van der Waals surface area contributed by atoms with Gasteiger partial charge in [-0.25, -0.2) is 4.79 Å². The van der Waals surface area contributed by atoms with Gasteiger partial charge in [0.25, 0.3) is 0 Å². The van der Waals surface area contributed by atoms with Gasteiger partial charge in [0.1, 0.15) is 6.61 Å². The molecule has 0 aromatic carbocycles. The molecule has 0 atom stereocenters. The number of hydrogen-bond acceptors (Lipinski definition) is 4. The highest BCUT2D eigenvalue weighted by Crippen LogP contribution is 2.10. The molecule has 1 saturated heterocycles. The van der Waals surface area contributed by atoms with Gasteiger partial charge in [0.2, 0.25) is 0 Å². The summed E-state index contributed by atoms with van der Waals surface area (Å²) in [7, 11) is 0.889. The molecule has 1 aliphatic rings. The molecular formula is C16H24N2O4. The molecule has 0 aromatic heterocycles. The number of nitro groups is 1. The van der Waals surface area contributed by atoms with E-state index in [1.54, 1.807) is 17.1 Å². The molecule has 0 spiro atoms. The molecule has 1 aliphatic heterocycles. The molecule has 0 radical (unpaired) electrons. The van der Waals surface area contributed by atoms with Crippen molar-refractivity contribution in [3.05, 3.63) is 59.2 Å². The Labute approximate surface area is 131 Å². The third-order valence-corrected chi connectivity index (χ3v) is 2.80. The molecule has 6 heteroatoms. The number of amides is 1. The van der Waals surface area contributed by atoms with Crippen LogP contribution in [0.2, 0.25) is 0 Å². The first-order valence-corrected chi connectivity index (χ1v) is 7.11. The lowest BCUT2D eigenvalue weighted by atomic mass is 10.1. The minimum atomic E-state index is -0.500. The summed E-state index contributed by atoms with van der Waals surface area (Å²) in [6, 6.07) is 0. The van der Waals surface area contributed by atoms with Crippen LogP contribution in [-0.4, -0.2) is 42.7 Å². The van der Waals surface area contributed by atoms with E-state index in [1.807, 2.05) is 18.2 Å². The maximum Gasteiger partial charge on any atom is 0.410 e. The predicted octanol–water partition coefficient (Wildman–Crippen LogP) is 3.36. The molecule has 0 unspecified atom stereocenters. The van der Waals surface area contributed by atoms with Crippen molar-refractivity contribution in [2.75, 3.05) is 26.7 Å². The summed E-state index contributed by atoms with van der Waals surface area (Å²) in [6.45, 7) is 9.16. The Hall–Kier alpha value is -2.37. The Morgan fingerprint density at radius 1 is 1.27 bits per heavy atom. The predicted molar refractivity (Wildman–Crippen MR) is 87.3 cm³/mol. The number of piperidine rings is 1. The Morgan fingerprint density at radius 3 is 2.36 bits per heavy atom. The molecule has 1 rings (SSSR count). The molecular weight excluding hydrogens is 284 g/mol. The zero-order valence-corrected chi connectivity index (χ0v) is 13.1. The number of carbonyl (C=O) groups excluding carboxylic acids is 1. The molecule has 0 aromatic rings. The van der Waals surface area contributed by atoms with Crippen LogP contribution in [0.15, 0.2) is 49.1 Å². The normalized spacial score (nSPS) is 14.8. The van der Waals surface area contributed by atoms with Crippen LogP contribution in [-0.2, 0) is 4.74 Å². The van der Waals surface area contributed by atoms with E-state index in [9.17, 15) is 4.79 Å². The summed E-state index contributed by atoms with van der Waals surface area (Å²) < 4.78 is 5.25. The molecule has 1 amide bonds. The summed E-state index contributed by atoms with van der Waals surface area (Å²) >= 11 is 0. The van der Waals surface area contributed by atoms with Crippen molar-refractivity contribution in [3.8, 4) is 0 Å². The zero-order valence-electron chi connectivity index (χ0n) is 13.1. The second-order valence-corrected chi connectivity index (χ2v) is 4.61. The van der Waals surface area contributed by atoms with Gasteiger partial charge < -0.3 is 9.64 Å². The van der Waals surface area contributed by atoms with Gasteiger partial charge in [-0.1, -0.05) is 43.5 Å². The number of hydrogen-bond donors (Lipinski definition) is 0. The Balaban J connectivity index is 0.000000980. The fraction of sp³-hybridized carbons (Fsp3) is 0.438. The average Bonchev–Trinajstić information content (AvgIpc) is 2.50. The van der Waals surface area contributed by atoms with Crippen molar-refractivity contribution >= 4 is 6.09 Å². The molecule has 122 valence electrons. The summed E-state index contributed by atoms with van der Waals surface area (Å²) in [5, 5.41) is 8.81. The van der Waals surface area contributed by atoms with Crippen molar-refractivity contribution in [2.24, 2.45) is 0 Å². The van der Waals surface area contributed by atoms with E-state index in [0.717, 1.165) is 38.6 Å². The van der Waals surface area contributed by atoms with E-state index < -0.39 is 4.92 Å². The smallest absolute Gasteiger partial charge is 0.410 e. The van der Waals surface area contributed by atoms with Crippen LogP contribution in [0.4, 0.5) is 4.79 Å². The summed E-state index contributed by atoms with van der Waals surface area (Å²) in [6.07, 6.45) is 12.0.